The van der Waals surface area contributed by atoms with Crippen molar-refractivity contribution >= 4 is 23.4 Å². The van der Waals surface area contributed by atoms with Gasteiger partial charge < -0.3 is 10.0 Å². The average Bonchev–Trinajstić information content (AvgIpc) is 2.80. The van der Waals surface area contributed by atoms with Gasteiger partial charge in [0.25, 0.3) is 0 Å². The molecule has 0 aliphatic carbocycles. The summed E-state index contributed by atoms with van der Waals surface area (Å²) in [7, 11) is 1.76. The third-order valence-electron chi connectivity index (χ3n) is 2.83. The van der Waals surface area contributed by atoms with Crippen molar-refractivity contribution < 1.29 is 9.90 Å². The van der Waals surface area contributed by atoms with Gasteiger partial charge in [-0.25, -0.2) is 0 Å². The molecule has 1 amide bonds. The maximum Gasteiger partial charge on any atom is 0.230 e. The number of aromatic hydroxyl groups is 1. The highest BCUT2D eigenvalue weighted by Crippen LogP contribution is 2.27. The molecule has 1 unspecified atom stereocenters. The highest BCUT2D eigenvalue weighted by atomic mass is 32.2. The summed E-state index contributed by atoms with van der Waals surface area (Å²) in [6.07, 6.45) is 0.965. The first-order chi connectivity index (χ1) is 7.68. The number of phenolic OH excluding ortho intramolecular Hbond substituents is 1. The van der Waals surface area contributed by atoms with Gasteiger partial charge in [-0.05, 0) is 24.3 Å². The minimum absolute atomic E-state index is 0.136. The van der Waals surface area contributed by atoms with E-state index in [2.05, 4.69) is 0 Å². The Hall–Kier alpha value is -1.16. The smallest absolute Gasteiger partial charge is 0.230 e. The Labute approximate surface area is 99.5 Å². The van der Waals surface area contributed by atoms with Crippen LogP contribution in [0.15, 0.2) is 24.3 Å². The van der Waals surface area contributed by atoms with Crippen LogP contribution in [0, 0.1) is 5.92 Å². The third kappa shape index (κ3) is 2.32. The van der Waals surface area contributed by atoms with Crippen molar-refractivity contribution in [1.82, 2.24) is 0 Å². The molecule has 1 N–H and O–H groups in total. The molecule has 1 atom stereocenters. The van der Waals surface area contributed by atoms with E-state index in [1.54, 1.807) is 30.1 Å². The molecule has 1 heterocycles. The van der Waals surface area contributed by atoms with Crippen molar-refractivity contribution in [2.75, 3.05) is 23.5 Å². The van der Waals surface area contributed by atoms with Gasteiger partial charge in [-0.15, -0.1) is 0 Å². The molecule has 1 aromatic carbocycles. The van der Waals surface area contributed by atoms with Crippen LogP contribution in [0.25, 0.3) is 0 Å². The Bertz CT molecular complexity index is 388. The average molecular weight is 237 g/mol. The molecule has 2 rings (SSSR count). The van der Waals surface area contributed by atoms with Crippen LogP contribution in [0.3, 0.4) is 0 Å². The Morgan fingerprint density at radius 1 is 1.56 bits per heavy atom. The molecule has 0 radical (unpaired) electrons. The molecular weight excluding hydrogens is 222 g/mol. The Kier molecular flexibility index (Phi) is 3.39. The van der Waals surface area contributed by atoms with Crippen LogP contribution in [0.4, 0.5) is 5.69 Å². The van der Waals surface area contributed by atoms with E-state index < -0.39 is 0 Å². The number of amides is 1. The molecule has 1 aliphatic rings. The zero-order chi connectivity index (χ0) is 11.5. The second-order valence-electron chi connectivity index (χ2n) is 3.98. The number of carbonyl (C=O) groups excluding carboxylic acids is 1. The van der Waals surface area contributed by atoms with Gasteiger partial charge in [-0.3, -0.25) is 4.79 Å². The van der Waals surface area contributed by atoms with Crippen LogP contribution >= 0.6 is 11.8 Å². The first-order valence-corrected chi connectivity index (χ1v) is 6.48. The lowest BCUT2D eigenvalue weighted by Crippen LogP contribution is -2.32. The topological polar surface area (TPSA) is 40.5 Å². The highest BCUT2D eigenvalue weighted by molar-refractivity contribution is 7.99. The molecular formula is C12H15NO2S. The first-order valence-electron chi connectivity index (χ1n) is 5.33. The number of thioether (sulfide) groups is 1. The van der Waals surface area contributed by atoms with Crippen LogP contribution in [0.5, 0.6) is 5.75 Å². The van der Waals surface area contributed by atoms with E-state index >= 15 is 0 Å². The van der Waals surface area contributed by atoms with Gasteiger partial charge >= 0.3 is 0 Å². The van der Waals surface area contributed by atoms with Gasteiger partial charge in [-0.1, -0.05) is 6.07 Å². The fraction of sp³-hybridized carbons (Fsp3) is 0.417. The molecule has 0 saturated carbocycles. The summed E-state index contributed by atoms with van der Waals surface area (Å²) < 4.78 is 0. The largest absolute Gasteiger partial charge is 0.508 e. The highest BCUT2D eigenvalue weighted by Gasteiger charge is 2.26. The standard InChI is InChI=1S/C12H15NO2S/c1-13(10-3-2-4-11(14)7-10)12(15)9-5-6-16-8-9/h2-4,7,9,14H,5-6,8H2,1H3. The van der Waals surface area contributed by atoms with Gasteiger partial charge in [0.15, 0.2) is 0 Å². The van der Waals surface area contributed by atoms with E-state index in [1.165, 1.54) is 0 Å². The van der Waals surface area contributed by atoms with Crippen LogP contribution in [0.1, 0.15) is 6.42 Å². The zero-order valence-corrected chi connectivity index (χ0v) is 10.0. The number of phenols is 1. The Balaban J connectivity index is 2.11. The van der Waals surface area contributed by atoms with Gasteiger partial charge in [0, 0.05) is 30.5 Å². The van der Waals surface area contributed by atoms with Crippen LogP contribution in [-0.2, 0) is 4.79 Å². The Morgan fingerprint density at radius 2 is 2.38 bits per heavy atom. The number of benzene rings is 1. The van der Waals surface area contributed by atoms with E-state index in [9.17, 15) is 9.90 Å². The normalized spacial score (nSPS) is 19.7. The lowest BCUT2D eigenvalue weighted by atomic mass is 10.1. The quantitative estimate of drug-likeness (QED) is 0.856. The molecule has 1 aliphatic heterocycles. The molecule has 16 heavy (non-hydrogen) atoms. The fourth-order valence-corrected chi connectivity index (χ4v) is 3.04. The van der Waals surface area contributed by atoms with Gasteiger partial charge in [0.1, 0.15) is 5.75 Å². The molecule has 0 spiro atoms. The molecule has 4 heteroatoms. The summed E-state index contributed by atoms with van der Waals surface area (Å²) in [5, 5.41) is 9.37. The minimum Gasteiger partial charge on any atom is -0.508 e. The monoisotopic (exact) mass is 237 g/mol. The van der Waals surface area contributed by atoms with Crippen molar-refractivity contribution in [2.45, 2.75) is 6.42 Å². The molecule has 0 bridgehead atoms. The molecule has 1 aromatic rings. The second-order valence-corrected chi connectivity index (χ2v) is 5.13. The molecule has 1 saturated heterocycles. The number of hydrogen-bond donors (Lipinski definition) is 1. The summed E-state index contributed by atoms with van der Waals surface area (Å²) in [5.41, 5.74) is 0.752. The number of nitrogens with zero attached hydrogens (tertiary/aromatic N) is 1. The molecule has 0 aromatic heterocycles. The summed E-state index contributed by atoms with van der Waals surface area (Å²) in [4.78, 5) is 13.7. The van der Waals surface area contributed by atoms with Gasteiger partial charge in [0.2, 0.25) is 5.91 Å². The van der Waals surface area contributed by atoms with Crippen LogP contribution < -0.4 is 4.90 Å². The number of hydrogen-bond acceptors (Lipinski definition) is 3. The number of anilines is 1. The maximum atomic E-state index is 12.1. The van der Waals surface area contributed by atoms with Gasteiger partial charge in [0.05, 0.1) is 0 Å². The van der Waals surface area contributed by atoms with E-state index in [-0.39, 0.29) is 17.6 Å². The number of rotatable bonds is 2. The SMILES string of the molecule is CN(C(=O)C1CCSC1)c1cccc(O)c1. The molecule has 1 fully saturated rings. The van der Waals surface area contributed by atoms with Crippen molar-refractivity contribution in [3.8, 4) is 5.75 Å². The van der Waals surface area contributed by atoms with E-state index in [0.717, 1.165) is 23.6 Å². The Morgan fingerprint density at radius 3 is 3.00 bits per heavy atom. The zero-order valence-electron chi connectivity index (χ0n) is 9.22. The van der Waals surface area contributed by atoms with E-state index in [4.69, 9.17) is 0 Å². The fourth-order valence-electron chi connectivity index (χ4n) is 1.83. The summed E-state index contributed by atoms with van der Waals surface area (Å²) in [6.45, 7) is 0. The van der Waals surface area contributed by atoms with Gasteiger partial charge in [-0.2, -0.15) is 11.8 Å². The van der Waals surface area contributed by atoms with Crippen LogP contribution in [0.2, 0.25) is 0 Å². The maximum absolute atomic E-state index is 12.1. The van der Waals surface area contributed by atoms with Crippen LogP contribution in [-0.4, -0.2) is 29.6 Å². The van der Waals surface area contributed by atoms with Crippen molar-refractivity contribution in [3.63, 3.8) is 0 Å². The van der Waals surface area contributed by atoms with Crippen molar-refractivity contribution in [2.24, 2.45) is 5.92 Å². The lowest BCUT2D eigenvalue weighted by Gasteiger charge is -2.20. The second kappa shape index (κ2) is 4.78. The molecule has 3 nitrogen and oxygen atoms in total. The predicted molar refractivity (Wildman–Crippen MR) is 66.9 cm³/mol. The summed E-state index contributed by atoms with van der Waals surface area (Å²) in [5.74, 6) is 2.47. The first kappa shape index (κ1) is 11.3. The van der Waals surface area contributed by atoms with E-state index in [1.807, 2.05) is 17.8 Å². The van der Waals surface area contributed by atoms with E-state index in [0.29, 0.717) is 0 Å². The van der Waals surface area contributed by atoms with Crippen molar-refractivity contribution in [1.29, 1.82) is 0 Å². The predicted octanol–water partition coefficient (Wildman–Crippen LogP) is 2.11. The molecule has 86 valence electrons. The lowest BCUT2D eigenvalue weighted by molar-refractivity contribution is -0.121. The summed E-state index contributed by atoms with van der Waals surface area (Å²) >= 11 is 1.83. The summed E-state index contributed by atoms with van der Waals surface area (Å²) in [6, 6.07) is 6.80. The third-order valence-corrected chi connectivity index (χ3v) is 3.99. The number of carbonyl (C=O) groups is 1. The van der Waals surface area contributed by atoms with Crippen molar-refractivity contribution in [3.05, 3.63) is 24.3 Å². The minimum atomic E-state index is 0.136.